The first kappa shape index (κ1) is 25.8. The molecule has 1 fully saturated rings. The number of piperidine rings is 1. The molecule has 1 amide bonds. The van der Waals surface area contributed by atoms with Gasteiger partial charge in [0.2, 0.25) is 0 Å². The number of hydrogen-bond acceptors (Lipinski definition) is 7. The number of hydrogen-bond donors (Lipinski definition) is 0. The minimum atomic E-state index is -0.827. The van der Waals surface area contributed by atoms with Crippen molar-refractivity contribution in [1.82, 2.24) is 14.4 Å². The fourth-order valence-corrected chi connectivity index (χ4v) is 5.33. The lowest BCUT2D eigenvalue weighted by atomic mass is 9.81. The van der Waals surface area contributed by atoms with Gasteiger partial charge in [0.1, 0.15) is 0 Å². The predicted octanol–water partition coefficient (Wildman–Crippen LogP) is 3.11. The van der Waals surface area contributed by atoms with Gasteiger partial charge in [0.15, 0.2) is 11.5 Å². The molecule has 194 valence electrons. The summed E-state index contributed by atoms with van der Waals surface area (Å²) in [4.78, 5) is 42.3. The lowest BCUT2D eigenvalue weighted by Crippen LogP contribution is -2.56. The summed E-state index contributed by atoms with van der Waals surface area (Å²) in [6, 6.07) is 8.95. The van der Waals surface area contributed by atoms with Crippen LogP contribution in [-0.4, -0.2) is 78.5 Å². The number of nitrogens with zero attached hydrogens (tertiary/aromatic N) is 3. The smallest absolute Gasteiger partial charge is 0.381 e. The summed E-state index contributed by atoms with van der Waals surface area (Å²) in [5, 5.41) is 0. The van der Waals surface area contributed by atoms with Crippen LogP contribution in [0, 0.1) is 0 Å². The predicted molar refractivity (Wildman–Crippen MR) is 134 cm³/mol. The number of carbonyl (C=O) groups is 3. The van der Waals surface area contributed by atoms with Crippen LogP contribution in [0.2, 0.25) is 0 Å². The third-order valence-electron chi connectivity index (χ3n) is 7.19. The van der Waals surface area contributed by atoms with Gasteiger partial charge in [-0.3, -0.25) is 14.5 Å². The van der Waals surface area contributed by atoms with Crippen LogP contribution in [0.25, 0.3) is 0 Å². The van der Waals surface area contributed by atoms with Crippen molar-refractivity contribution in [3.63, 3.8) is 0 Å². The molecule has 2 aromatic rings. The number of Topliss-reactive ketones (excluding diaryl/α,β-unsaturated/α-hetero) is 1. The second-order valence-corrected chi connectivity index (χ2v) is 9.58. The fraction of sp³-hybridized carbons (Fsp3) is 0.519. The number of likely N-dealkylation sites (tertiary alicyclic amines) is 1. The molecular formula is C27H35N3O6. The van der Waals surface area contributed by atoms with Crippen molar-refractivity contribution in [3.8, 4) is 11.5 Å². The van der Waals surface area contributed by atoms with Crippen LogP contribution in [0.15, 0.2) is 30.3 Å². The van der Waals surface area contributed by atoms with Crippen LogP contribution in [0.5, 0.6) is 11.5 Å². The zero-order valence-corrected chi connectivity index (χ0v) is 21.7. The van der Waals surface area contributed by atoms with Gasteiger partial charge in [0, 0.05) is 37.4 Å². The van der Waals surface area contributed by atoms with E-state index in [1.54, 1.807) is 38.3 Å². The number of aromatic nitrogens is 1. The Balaban J connectivity index is 1.53. The summed E-state index contributed by atoms with van der Waals surface area (Å²) in [6.07, 6.45) is 1.44. The largest absolute Gasteiger partial charge is 0.493 e. The zero-order valence-electron chi connectivity index (χ0n) is 21.7. The normalized spacial score (nSPS) is 17.1. The first-order chi connectivity index (χ1) is 17.2. The van der Waals surface area contributed by atoms with E-state index in [9.17, 15) is 14.4 Å². The van der Waals surface area contributed by atoms with E-state index < -0.39 is 11.8 Å². The SMILES string of the molecule is CCOC(=O)C(=O)c1ccc2n1CCN(C)C21CCN(C(=O)c2ccc(OC(C)C)c(OC)c2)CC1. The third kappa shape index (κ3) is 4.59. The van der Waals surface area contributed by atoms with Crippen LogP contribution in [0.3, 0.4) is 0 Å². The quantitative estimate of drug-likeness (QED) is 0.330. The van der Waals surface area contributed by atoms with Crippen molar-refractivity contribution < 1.29 is 28.6 Å². The van der Waals surface area contributed by atoms with E-state index in [1.165, 1.54) is 0 Å². The van der Waals surface area contributed by atoms with E-state index in [0.717, 1.165) is 25.1 Å². The first-order valence-electron chi connectivity index (χ1n) is 12.5. The maximum absolute atomic E-state index is 13.3. The number of fused-ring (bicyclic) bond motifs is 2. The number of likely N-dealkylation sites (N-methyl/N-ethyl adjacent to an activating group) is 1. The lowest BCUT2D eigenvalue weighted by molar-refractivity contribution is -0.137. The van der Waals surface area contributed by atoms with Gasteiger partial charge >= 0.3 is 5.97 Å². The van der Waals surface area contributed by atoms with E-state index in [-0.39, 0.29) is 24.2 Å². The molecule has 9 heteroatoms. The average molecular weight is 498 g/mol. The minimum Gasteiger partial charge on any atom is -0.493 e. The molecule has 4 rings (SSSR count). The molecule has 2 aliphatic heterocycles. The first-order valence-corrected chi connectivity index (χ1v) is 12.5. The Hall–Kier alpha value is -3.33. The van der Waals surface area contributed by atoms with Gasteiger partial charge in [-0.2, -0.15) is 0 Å². The van der Waals surface area contributed by atoms with Gasteiger partial charge in [-0.1, -0.05) is 0 Å². The number of amides is 1. The Kier molecular flexibility index (Phi) is 7.40. The molecule has 1 saturated heterocycles. The molecule has 3 heterocycles. The standard InChI is InChI=1S/C27H35N3O6/c1-6-35-26(33)24(31)20-8-10-23-27(28(4)15-16-30(20)23)11-13-29(14-12-27)25(32)19-7-9-21(36-18(2)3)22(17-19)34-5/h7-10,17-18H,6,11-16H2,1-5H3. The van der Waals surface area contributed by atoms with E-state index >= 15 is 0 Å². The molecule has 9 nitrogen and oxygen atoms in total. The monoisotopic (exact) mass is 497 g/mol. The van der Waals surface area contributed by atoms with Crippen LogP contribution < -0.4 is 9.47 Å². The summed E-state index contributed by atoms with van der Waals surface area (Å²) in [6.45, 7) is 8.23. The van der Waals surface area contributed by atoms with Gasteiger partial charge < -0.3 is 23.7 Å². The van der Waals surface area contributed by atoms with Crippen molar-refractivity contribution in [2.45, 2.75) is 51.8 Å². The van der Waals surface area contributed by atoms with Crippen molar-refractivity contribution in [3.05, 3.63) is 47.3 Å². The molecule has 2 aliphatic rings. The Morgan fingerprint density at radius 2 is 1.72 bits per heavy atom. The molecule has 36 heavy (non-hydrogen) atoms. The van der Waals surface area contributed by atoms with E-state index in [0.29, 0.717) is 42.4 Å². The second kappa shape index (κ2) is 10.3. The summed E-state index contributed by atoms with van der Waals surface area (Å²) >= 11 is 0. The summed E-state index contributed by atoms with van der Waals surface area (Å²) < 4.78 is 18.1. The Labute approximate surface area is 211 Å². The molecule has 0 unspecified atom stereocenters. The molecule has 0 bridgehead atoms. The number of ketones is 1. The number of esters is 1. The average Bonchev–Trinajstić information content (AvgIpc) is 3.31. The lowest BCUT2D eigenvalue weighted by Gasteiger charge is -2.50. The zero-order chi connectivity index (χ0) is 26.0. The number of benzene rings is 1. The van der Waals surface area contributed by atoms with Gasteiger partial charge in [-0.05, 0) is 71.0 Å². The Morgan fingerprint density at radius 1 is 1.00 bits per heavy atom. The molecular weight excluding hydrogens is 462 g/mol. The van der Waals surface area contributed by atoms with Gasteiger partial charge in [0.25, 0.3) is 11.7 Å². The van der Waals surface area contributed by atoms with Crippen molar-refractivity contribution >= 4 is 17.7 Å². The minimum absolute atomic E-state index is 0.00160. The molecule has 0 N–H and O–H groups in total. The van der Waals surface area contributed by atoms with Crippen LogP contribution in [0.1, 0.15) is 60.2 Å². The van der Waals surface area contributed by atoms with Gasteiger partial charge in [-0.25, -0.2) is 4.79 Å². The highest BCUT2D eigenvalue weighted by Crippen LogP contribution is 2.42. The van der Waals surface area contributed by atoms with Crippen LogP contribution in [0.4, 0.5) is 0 Å². The molecule has 0 atom stereocenters. The highest BCUT2D eigenvalue weighted by Gasteiger charge is 2.45. The highest BCUT2D eigenvalue weighted by atomic mass is 16.5. The Morgan fingerprint density at radius 3 is 2.36 bits per heavy atom. The molecule has 1 aromatic heterocycles. The number of carbonyl (C=O) groups excluding carboxylic acids is 3. The topological polar surface area (TPSA) is 90.3 Å². The Bertz CT molecular complexity index is 1150. The maximum atomic E-state index is 13.3. The van der Waals surface area contributed by atoms with Crippen molar-refractivity contribution in [1.29, 1.82) is 0 Å². The molecule has 0 aliphatic carbocycles. The molecule has 0 saturated carbocycles. The number of rotatable bonds is 7. The van der Waals surface area contributed by atoms with Crippen molar-refractivity contribution in [2.75, 3.05) is 40.4 Å². The summed E-state index contributed by atoms with van der Waals surface area (Å²) in [5.41, 5.74) is 1.62. The van der Waals surface area contributed by atoms with Crippen LogP contribution >= 0.6 is 0 Å². The maximum Gasteiger partial charge on any atom is 0.381 e. The summed E-state index contributed by atoms with van der Waals surface area (Å²) in [7, 11) is 3.65. The molecule has 1 aromatic carbocycles. The third-order valence-corrected chi connectivity index (χ3v) is 7.19. The van der Waals surface area contributed by atoms with Crippen LogP contribution in [-0.2, 0) is 21.6 Å². The molecule has 0 radical (unpaired) electrons. The second-order valence-electron chi connectivity index (χ2n) is 9.58. The number of methoxy groups -OCH3 is 1. The van der Waals surface area contributed by atoms with E-state index in [1.807, 2.05) is 29.4 Å². The van der Waals surface area contributed by atoms with Crippen molar-refractivity contribution in [2.24, 2.45) is 0 Å². The van der Waals surface area contributed by atoms with E-state index in [4.69, 9.17) is 14.2 Å². The van der Waals surface area contributed by atoms with E-state index in [2.05, 4.69) is 11.9 Å². The molecule has 1 spiro atoms. The van der Waals surface area contributed by atoms with Gasteiger partial charge in [0.05, 0.1) is 31.1 Å². The fourth-order valence-electron chi connectivity index (χ4n) is 5.33. The van der Waals surface area contributed by atoms with Gasteiger partial charge in [-0.15, -0.1) is 0 Å². The highest BCUT2D eigenvalue weighted by molar-refractivity contribution is 6.40. The summed E-state index contributed by atoms with van der Waals surface area (Å²) in [5.74, 6) is -0.348. The number of ether oxygens (including phenoxy) is 3.